The molecule has 0 spiro atoms. The molecular formula is C20H18N2O2S2. The lowest BCUT2D eigenvalue weighted by Gasteiger charge is -2.03. The second kappa shape index (κ2) is 7.21. The van der Waals surface area contributed by atoms with Crippen molar-refractivity contribution in [3.63, 3.8) is 0 Å². The Morgan fingerprint density at radius 3 is 2.62 bits per heavy atom. The van der Waals surface area contributed by atoms with E-state index in [0.717, 1.165) is 33.1 Å². The number of fused-ring (bicyclic) bond motifs is 1. The summed E-state index contributed by atoms with van der Waals surface area (Å²) >= 11 is 3.07. The largest absolute Gasteiger partial charge is 0.480 e. The second-order valence-electron chi connectivity index (χ2n) is 6.41. The van der Waals surface area contributed by atoms with E-state index in [1.807, 2.05) is 0 Å². The highest BCUT2D eigenvalue weighted by Crippen LogP contribution is 2.30. The van der Waals surface area contributed by atoms with Crippen LogP contribution in [0.2, 0.25) is 0 Å². The Kier molecular flexibility index (Phi) is 4.78. The quantitative estimate of drug-likeness (QED) is 0.713. The van der Waals surface area contributed by atoms with Crippen LogP contribution in [0.1, 0.15) is 21.7 Å². The van der Waals surface area contributed by atoms with Crippen molar-refractivity contribution in [3.8, 4) is 0 Å². The zero-order valence-electron chi connectivity index (χ0n) is 14.3. The molecule has 2 heterocycles. The number of rotatable bonds is 5. The average molecular weight is 383 g/mol. The molecule has 1 aliphatic rings. The molecule has 0 saturated heterocycles. The molecule has 6 heteroatoms. The van der Waals surface area contributed by atoms with Gasteiger partial charge in [-0.1, -0.05) is 35.9 Å². The number of carboxylic acid groups (broad SMARTS) is 1. The Hall–Kier alpha value is -2.18. The SMILES string of the molecule is Cc1ccc(CCc2ccc3nc(C4=N[C@@H](C(=O)O)CS4)sc3c2)cc1. The number of carboxylic acids is 1. The third kappa shape index (κ3) is 3.66. The first-order valence-corrected chi connectivity index (χ1v) is 10.3. The fraction of sp³-hybridized carbons (Fsp3) is 0.250. The highest BCUT2D eigenvalue weighted by Gasteiger charge is 2.26. The van der Waals surface area contributed by atoms with Crippen LogP contribution in [-0.4, -0.2) is 32.9 Å². The summed E-state index contributed by atoms with van der Waals surface area (Å²) in [6.07, 6.45) is 2.00. The molecule has 26 heavy (non-hydrogen) atoms. The number of aliphatic carboxylic acids is 1. The van der Waals surface area contributed by atoms with Gasteiger partial charge in [-0.3, -0.25) is 4.99 Å². The molecule has 4 rings (SSSR count). The number of aromatic nitrogens is 1. The van der Waals surface area contributed by atoms with Gasteiger partial charge < -0.3 is 5.11 Å². The molecule has 3 aromatic rings. The molecule has 132 valence electrons. The van der Waals surface area contributed by atoms with Gasteiger partial charge in [0.05, 0.1) is 10.2 Å². The summed E-state index contributed by atoms with van der Waals surface area (Å²) in [5, 5.41) is 10.7. The van der Waals surface area contributed by atoms with E-state index in [1.165, 1.54) is 28.5 Å². The van der Waals surface area contributed by atoms with Crippen LogP contribution in [0.3, 0.4) is 0 Å². The predicted octanol–water partition coefficient (Wildman–Crippen LogP) is 4.34. The van der Waals surface area contributed by atoms with Gasteiger partial charge in [0, 0.05) is 5.75 Å². The van der Waals surface area contributed by atoms with Crippen LogP contribution >= 0.6 is 23.1 Å². The van der Waals surface area contributed by atoms with E-state index in [0.29, 0.717) is 5.75 Å². The highest BCUT2D eigenvalue weighted by molar-refractivity contribution is 8.15. The molecule has 0 bridgehead atoms. The van der Waals surface area contributed by atoms with E-state index < -0.39 is 12.0 Å². The van der Waals surface area contributed by atoms with Crippen LogP contribution in [0.5, 0.6) is 0 Å². The molecule has 0 saturated carbocycles. The number of benzene rings is 2. The van der Waals surface area contributed by atoms with E-state index in [4.69, 9.17) is 5.11 Å². The number of aliphatic imine (C=N–C) groups is 1. The van der Waals surface area contributed by atoms with Crippen molar-refractivity contribution >= 4 is 44.3 Å². The van der Waals surface area contributed by atoms with E-state index in [1.54, 1.807) is 11.3 Å². The number of hydrogen-bond acceptors (Lipinski definition) is 5. The number of aryl methyl sites for hydroxylation is 3. The molecule has 0 radical (unpaired) electrons. The molecule has 0 amide bonds. The predicted molar refractivity (Wildman–Crippen MR) is 109 cm³/mol. The Morgan fingerprint density at radius 2 is 1.88 bits per heavy atom. The van der Waals surface area contributed by atoms with Crippen LogP contribution in [0.15, 0.2) is 47.5 Å². The number of thioether (sulfide) groups is 1. The molecule has 1 N–H and O–H groups in total. The van der Waals surface area contributed by atoms with Crippen molar-refractivity contribution in [2.45, 2.75) is 25.8 Å². The monoisotopic (exact) mass is 382 g/mol. The van der Waals surface area contributed by atoms with Gasteiger partial charge in [0.2, 0.25) is 0 Å². The molecule has 1 aromatic heterocycles. The average Bonchev–Trinajstić information content (AvgIpc) is 3.27. The van der Waals surface area contributed by atoms with Crippen LogP contribution in [0, 0.1) is 6.92 Å². The Labute approximate surface area is 160 Å². The summed E-state index contributed by atoms with van der Waals surface area (Å²) in [7, 11) is 0. The molecule has 0 aliphatic carbocycles. The lowest BCUT2D eigenvalue weighted by molar-refractivity contribution is -0.137. The van der Waals surface area contributed by atoms with Crippen molar-refractivity contribution in [1.82, 2.24) is 4.98 Å². The van der Waals surface area contributed by atoms with Crippen LogP contribution in [0.4, 0.5) is 0 Å². The Bertz CT molecular complexity index is 993. The maximum absolute atomic E-state index is 11.1. The number of carbonyl (C=O) groups is 1. The van der Waals surface area contributed by atoms with Gasteiger partial charge >= 0.3 is 5.97 Å². The fourth-order valence-electron chi connectivity index (χ4n) is 2.88. The lowest BCUT2D eigenvalue weighted by atomic mass is 10.0. The van der Waals surface area contributed by atoms with Crippen molar-refractivity contribution in [1.29, 1.82) is 0 Å². The summed E-state index contributed by atoms with van der Waals surface area (Å²) in [4.78, 5) is 20.0. The smallest absolute Gasteiger partial charge is 0.329 e. The molecule has 4 nitrogen and oxygen atoms in total. The van der Waals surface area contributed by atoms with E-state index in [2.05, 4.69) is 59.4 Å². The van der Waals surface area contributed by atoms with Gasteiger partial charge in [0.1, 0.15) is 10.1 Å². The third-order valence-electron chi connectivity index (χ3n) is 4.39. The Morgan fingerprint density at radius 1 is 1.15 bits per heavy atom. The summed E-state index contributed by atoms with van der Waals surface area (Å²) in [6, 6.07) is 14.4. The first-order valence-electron chi connectivity index (χ1n) is 8.47. The minimum absolute atomic E-state index is 0.488. The highest BCUT2D eigenvalue weighted by atomic mass is 32.2. The number of nitrogens with zero attached hydrogens (tertiary/aromatic N) is 2. The molecule has 0 unspecified atom stereocenters. The van der Waals surface area contributed by atoms with Crippen LogP contribution in [-0.2, 0) is 17.6 Å². The van der Waals surface area contributed by atoms with Gasteiger partial charge in [-0.2, -0.15) is 0 Å². The molecular weight excluding hydrogens is 364 g/mol. The number of hydrogen-bond donors (Lipinski definition) is 1. The van der Waals surface area contributed by atoms with Gasteiger partial charge in [0.15, 0.2) is 6.04 Å². The molecule has 2 aromatic carbocycles. The molecule has 1 atom stereocenters. The minimum Gasteiger partial charge on any atom is -0.480 e. The molecule has 0 fully saturated rings. The second-order valence-corrected chi connectivity index (χ2v) is 8.45. The number of thiazole rings is 1. The zero-order chi connectivity index (χ0) is 18.1. The summed E-state index contributed by atoms with van der Waals surface area (Å²) < 4.78 is 1.13. The summed E-state index contributed by atoms with van der Waals surface area (Å²) in [5.74, 6) is -0.380. The van der Waals surface area contributed by atoms with Crippen LogP contribution in [0.25, 0.3) is 10.2 Å². The minimum atomic E-state index is -0.869. The van der Waals surface area contributed by atoms with E-state index in [9.17, 15) is 4.79 Å². The maximum Gasteiger partial charge on any atom is 0.329 e. The standard InChI is InChI=1S/C20H18N2O2S2/c1-12-2-4-13(5-3-12)6-7-14-8-9-15-17(10-14)26-19(21-15)18-22-16(11-25-18)20(23)24/h2-5,8-10,16H,6-7,11H2,1H3,(H,23,24)/t16-/m1/s1. The van der Waals surface area contributed by atoms with Crippen molar-refractivity contribution in [2.24, 2.45) is 4.99 Å². The summed E-state index contributed by atoms with van der Waals surface area (Å²) in [6.45, 7) is 2.10. The van der Waals surface area contributed by atoms with Crippen LogP contribution < -0.4 is 0 Å². The first kappa shape index (κ1) is 17.2. The Balaban J connectivity index is 1.51. The maximum atomic E-state index is 11.1. The lowest BCUT2D eigenvalue weighted by Crippen LogP contribution is -2.17. The molecule has 1 aliphatic heterocycles. The van der Waals surface area contributed by atoms with Gasteiger partial charge in [0.25, 0.3) is 0 Å². The van der Waals surface area contributed by atoms with Gasteiger partial charge in [-0.05, 0) is 43.0 Å². The fourth-order valence-corrected chi connectivity index (χ4v) is 5.00. The van der Waals surface area contributed by atoms with E-state index >= 15 is 0 Å². The van der Waals surface area contributed by atoms with Gasteiger partial charge in [-0.15, -0.1) is 23.1 Å². The van der Waals surface area contributed by atoms with Crippen molar-refractivity contribution < 1.29 is 9.90 Å². The van der Waals surface area contributed by atoms with Crippen molar-refractivity contribution in [3.05, 3.63) is 64.2 Å². The first-order chi connectivity index (χ1) is 12.6. The topological polar surface area (TPSA) is 62.5 Å². The van der Waals surface area contributed by atoms with Crippen molar-refractivity contribution in [2.75, 3.05) is 5.75 Å². The van der Waals surface area contributed by atoms with E-state index in [-0.39, 0.29) is 0 Å². The third-order valence-corrected chi connectivity index (χ3v) is 6.60. The normalized spacial score (nSPS) is 16.8. The summed E-state index contributed by atoms with van der Waals surface area (Å²) in [5.41, 5.74) is 4.87. The zero-order valence-corrected chi connectivity index (χ0v) is 15.9. The van der Waals surface area contributed by atoms with Gasteiger partial charge in [-0.25, -0.2) is 9.78 Å².